The lowest BCUT2D eigenvalue weighted by molar-refractivity contribution is 0.0938. The van der Waals surface area contributed by atoms with Gasteiger partial charge in [-0.05, 0) is 26.0 Å². The molecule has 70 valence electrons. The Hall–Kier alpha value is -1.09. The minimum Gasteiger partial charge on any atom is -0.348 e. The molecule has 1 amide bonds. The topological polar surface area (TPSA) is 42.0 Å². The summed E-state index contributed by atoms with van der Waals surface area (Å²) in [5.74, 6) is -0.236. The maximum absolute atomic E-state index is 11.4. The van der Waals surface area contributed by atoms with Crippen molar-refractivity contribution < 1.29 is 4.79 Å². The zero-order valence-electron chi connectivity index (χ0n) is 7.54. The van der Waals surface area contributed by atoms with E-state index in [0.717, 1.165) is 0 Å². The van der Waals surface area contributed by atoms with E-state index >= 15 is 0 Å². The van der Waals surface area contributed by atoms with Crippen LogP contribution >= 0.6 is 11.6 Å². The van der Waals surface area contributed by atoms with Crippen molar-refractivity contribution in [2.24, 2.45) is 0 Å². The number of carbonyl (C=O) groups excluding carboxylic acids is 1. The molecule has 13 heavy (non-hydrogen) atoms. The third kappa shape index (κ3) is 2.70. The molecule has 0 aliphatic carbocycles. The van der Waals surface area contributed by atoms with Gasteiger partial charge in [-0.25, -0.2) is 4.98 Å². The molecule has 0 bridgehead atoms. The summed E-state index contributed by atoms with van der Waals surface area (Å²) < 4.78 is 0. The molecule has 0 saturated heterocycles. The van der Waals surface area contributed by atoms with Crippen molar-refractivity contribution in [3.8, 4) is 0 Å². The first kappa shape index (κ1) is 9.99. The molecule has 1 aromatic heterocycles. The van der Waals surface area contributed by atoms with Crippen LogP contribution in [0, 0.1) is 0 Å². The van der Waals surface area contributed by atoms with Gasteiger partial charge in [-0.15, -0.1) is 0 Å². The number of carbonyl (C=O) groups is 1. The second-order valence-electron chi connectivity index (χ2n) is 2.96. The second kappa shape index (κ2) is 4.23. The quantitative estimate of drug-likeness (QED) is 0.789. The largest absolute Gasteiger partial charge is 0.348 e. The highest BCUT2D eigenvalue weighted by atomic mass is 35.5. The molecule has 0 atom stereocenters. The number of aromatic nitrogens is 1. The Morgan fingerprint density at radius 1 is 1.62 bits per heavy atom. The predicted octanol–water partition coefficient (Wildman–Crippen LogP) is 1.87. The molecular weight excluding hydrogens is 188 g/mol. The van der Waals surface area contributed by atoms with Crippen molar-refractivity contribution in [2.75, 3.05) is 0 Å². The number of amides is 1. The minimum atomic E-state index is -0.236. The molecule has 4 heteroatoms. The summed E-state index contributed by atoms with van der Waals surface area (Å²) in [5, 5.41) is 3.09. The van der Waals surface area contributed by atoms with Gasteiger partial charge < -0.3 is 5.32 Å². The maximum atomic E-state index is 11.4. The highest BCUT2D eigenvalue weighted by Crippen LogP contribution is 2.11. The predicted molar refractivity (Wildman–Crippen MR) is 51.8 cm³/mol. The third-order valence-electron chi connectivity index (χ3n) is 1.39. The first-order chi connectivity index (χ1) is 6.11. The van der Waals surface area contributed by atoms with E-state index < -0.39 is 0 Å². The van der Waals surface area contributed by atoms with Gasteiger partial charge in [0.2, 0.25) is 0 Å². The molecule has 0 aliphatic heterocycles. The van der Waals surface area contributed by atoms with Crippen molar-refractivity contribution in [1.82, 2.24) is 10.3 Å². The summed E-state index contributed by atoms with van der Waals surface area (Å²) in [5.41, 5.74) is 0.276. The van der Waals surface area contributed by atoms with Gasteiger partial charge in [-0.3, -0.25) is 4.79 Å². The van der Waals surface area contributed by atoms with Crippen LogP contribution in [0.5, 0.6) is 0 Å². The molecule has 0 spiro atoms. The number of nitrogens with zero attached hydrogens (tertiary/aromatic N) is 1. The lowest BCUT2D eigenvalue weighted by atomic mass is 10.3. The van der Waals surface area contributed by atoms with Crippen LogP contribution in [0.25, 0.3) is 0 Å². The molecule has 1 aromatic rings. The van der Waals surface area contributed by atoms with Gasteiger partial charge in [0, 0.05) is 12.2 Å². The van der Waals surface area contributed by atoms with E-state index in [2.05, 4.69) is 10.3 Å². The van der Waals surface area contributed by atoms with Crippen LogP contribution < -0.4 is 5.32 Å². The number of halogens is 1. The Balaban J connectivity index is 2.83. The fraction of sp³-hybridized carbons (Fsp3) is 0.333. The fourth-order valence-corrected chi connectivity index (χ4v) is 1.09. The average molecular weight is 199 g/mol. The van der Waals surface area contributed by atoms with Gasteiger partial charge in [0.05, 0.1) is 5.02 Å². The smallest absolute Gasteiger partial charge is 0.271 e. The van der Waals surface area contributed by atoms with Gasteiger partial charge >= 0.3 is 0 Å². The van der Waals surface area contributed by atoms with Gasteiger partial charge in [0.25, 0.3) is 5.91 Å². The molecule has 0 unspecified atom stereocenters. The summed E-state index contributed by atoms with van der Waals surface area (Å²) in [4.78, 5) is 15.3. The van der Waals surface area contributed by atoms with E-state index in [0.29, 0.717) is 5.02 Å². The van der Waals surface area contributed by atoms with Gasteiger partial charge in [-0.2, -0.15) is 0 Å². The number of rotatable bonds is 2. The van der Waals surface area contributed by atoms with Crippen LogP contribution in [-0.2, 0) is 0 Å². The van der Waals surface area contributed by atoms with Crippen LogP contribution in [0.2, 0.25) is 5.02 Å². The molecule has 0 aliphatic rings. The normalized spacial score (nSPS) is 10.2. The average Bonchev–Trinajstić information content (AvgIpc) is 2.03. The van der Waals surface area contributed by atoms with E-state index in [9.17, 15) is 4.79 Å². The molecule has 0 radical (unpaired) electrons. The maximum Gasteiger partial charge on any atom is 0.271 e. The molecule has 1 heterocycles. The number of pyridine rings is 1. The molecule has 1 rings (SSSR count). The van der Waals surface area contributed by atoms with Crippen molar-refractivity contribution in [1.29, 1.82) is 0 Å². The van der Waals surface area contributed by atoms with E-state index in [1.54, 1.807) is 18.3 Å². The van der Waals surface area contributed by atoms with Crippen LogP contribution in [0.3, 0.4) is 0 Å². The molecular formula is C9H11ClN2O. The Morgan fingerprint density at radius 2 is 2.31 bits per heavy atom. The van der Waals surface area contributed by atoms with Crippen molar-refractivity contribution in [3.05, 3.63) is 29.0 Å². The minimum absolute atomic E-state index is 0.0885. The number of hydrogen-bond donors (Lipinski definition) is 1. The highest BCUT2D eigenvalue weighted by Gasteiger charge is 2.11. The molecule has 0 saturated carbocycles. The lowest BCUT2D eigenvalue weighted by Gasteiger charge is -2.07. The monoisotopic (exact) mass is 198 g/mol. The van der Waals surface area contributed by atoms with E-state index in [1.165, 1.54) is 0 Å². The number of nitrogens with one attached hydrogen (secondary N) is 1. The molecule has 0 fully saturated rings. The van der Waals surface area contributed by atoms with Crippen LogP contribution in [0.4, 0.5) is 0 Å². The third-order valence-corrected chi connectivity index (χ3v) is 1.70. The van der Waals surface area contributed by atoms with Crippen LogP contribution in [0.15, 0.2) is 18.3 Å². The summed E-state index contributed by atoms with van der Waals surface area (Å²) in [7, 11) is 0. The summed E-state index contributed by atoms with van der Waals surface area (Å²) >= 11 is 5.78. The van der Waals surface area contributed by atoms with Crippen LogP contribution in [-0.4, -0.2) is 16.9 Å². The second-order valence-corrected chi connectivity index (χ2v) is 3.37. The van der Waals surface area contributed by atoms with Crippen molar-refractivity contribution in [2.45, 2.75) is 19.9 Å². The zero-order chi connectivity index (χ0) is 9.84. The zero-order valence-corrected chi connectivity index (χ0v) is 8.30. The summed E-state index contributed by atoms with van der Waals surface area (Å²) in [6, 6.07) is 3.42. The van der Waals surface area contributed by atoms with Crippen molar-refractivity contribution >= 4 is 17.5 Å². The SMILES string of the molecule is CC(C)NC(=O)c1ncccc1Cl. The summed E-state index contributed by atoms with van der Waals surface area (Å²) in [6.45, 7) is 3.77. The van der Waals surface area contributed by atoms with Gasteiger partial charge in [-0.1, -0.05) is 11.6 Å². The highest BCUT2D eigenvalue weighted by molar-refractivity contribution is 6.33. The fourth-order valence-electron chi connectivity index (χ4n) is 0.883. The standard InChI is InChI=1S/C9H11ClN2O/c1-6(2)12-9(13)8-7(10)4-3-5-11-8/h3-6H,1-2H3,(H,12,13). The van der Waals surface area contributed by atoms with E-state index in [4.69, 9.17) is 11.6 Å². The van der Waals surface area contributed by atoms with Gasteiger partial charge in [0.1, 0.15) is 5.69 Å². The van der Waals surface area contributed by atoms with E-state index in [1.807, 2.05) is 13.8 Å². The Labute approximate surface area is 82.1 Å². The molecule has 3 nitrogen and oxygen atoms in total. The Bertz CT molecular complexity index is 312. The lowest BCUT2D eigenvalue weighted by Crippen LogP contribution is -2.30. The number of hydrogen-bond acceptors (Lipinski definition) is 2. The molecule has 0 aromatic carbocycles. The first-order valence-electron chi connectivity index (χ1n) is 4.02. The van der Waals surface area contributed by atoms with Crippen LogP contribution in [0.1, 0.15) is 24.3 Å². The Morgan fingerprint density at radius 3 is 2.85 bits per heavy atom. The summed E-state index contributed by atoms with van der Waals surface area (Å²) in [6.07, 6.45) is 1.54. The Kier molecular flexibility index (Phi) is 3.25. The van der Waals surface area contributed by atoms with Gasteiger partial charge in [0.15, 0.2) is 0 Å². The molecule has 1 N–H and O–H groups in total. The van der Waals surface area contributed by atoms with E-state index in [-0.39, 0.29) is 17.6 Å². The first-order valence-corrected chi connectivity index (χ1v) is 4.40. The van der Waals surface area contributed by atoms with Crippen molar-refractivity contribution in [3.63, 3.8) is 0 Å².